The van der Waals surface area contributed by atoms with Crippen molar-refractivity contribution in [3.05, 3.63) is 27.9 Å². The minimum absolute atomic E-state index is 0.0269. The van der Waals surface area contributed by atoms with Gasteiger partial charge in [-0.05, 0) is 31.2 Å². The van der Waals surface area contributed by atoms with Gasteiger partial charge in [0.2, 0.25) is 0 Å². The van der Waals surface area contributed by atoms with Crippen molar-refractivity contribution in [1.82, 2.24) is 4.98 Å². The lowest BCUT2D eigenvalue weighted by Gasteiger charge is -2.22. The number of nitro groups is 1. The molecule has 6 heteroatoms. The van der Waals surface area contributed by atoms with E-state index in [4.69, 9.17) is 4.74 Å². The maximum Gasteiger partial charge on any atom is 0.287 e. The summed E-state index contributed by atoms with van der Waals surface area (Å²) in [5, 5.41) is 13.8. The first-order valence-corrected chi connectivity index (χ1v) is 6.09. The van der Waals surface area contributed by atoms with E-state index in [1.54, 1.807) is 0 Å². The van der Waals surface area contributed by atoms with Crippen LogP contribution < -0.4 is 5.32 Å². The fraction of sp³-hybridized carbons (Fsp3) is 0.583. The number of aromatic nitrogens is 1. The summed E-state index contributed by atoms with van der Waals surface area (Å²) < 4.78 is 5.40. The van der Waals surface area contributed by atoms with Crippen LogP contribution in [0.5, 0.6) is 0 Å². The molecule has 1 aromatic heterocycles. The van der Waals surface area contributed by atoms with Crippen LogP contribution in [-0.4, -0.2) is 29.7 Å². The molecule has 2 heterocycles. The standard InChI is InChI=1S/C12H17N3O3/c1-9-5-11(15(16)17)7-14-12(9)13-6-10-3-2-4-18-8-10/h5,7,10H,2-4,6,8H2,1H3,(H,13,14). The molecule has 0 aliphatic carbocycles. The predicted octanol–water partition coefficient (Wildman–Crippen LogP) is 2.14. The van der Waals surface area contributed by atoms with Crippen molar-refractivity contribution in [3.63, 3.8) is 0 Å². The first-order chi connectivity index (χ1) is 8.66. The van der Waals surface area contributed by atoms with Crippen molar-refractivity contribution in [2.75, 3.05) is 25.1 Å². The van der Waals surface area contributed by atoms with Crippen LogP contribution in [0.3, 0.4) is 0 Å². The molecular weight excluding hydrogens is 234 g/mol. The van der Waals surface area contributed by atoms with Crippen molar-refractivity contribution in [3.8, 4) is 0 Å². The largest absolute Gasteiger partial charge is 0.381 e. The van der Waals surface area contributed by atoms with Crippen molar-refractivity contribution in [2.24, 2.45) is 5.92 Å². The quantitative estimate of drug-likeness (QED) is 0.655. The third-order valence-electron chi connectivity index (χ3n) is 3.09. The minimum atomic E-state index is -0.432. The molecule has 1 unspecified atom stereocenters. The number of rotatable bonds is 4. The fourth-order valence-corrected chi connectivity index (χ4v) is 2.05. The van der Waals surface area contributed by atoms with E-state index in [-0.39, 0.29) is 5.69 Å². The third-order valence-corrected chi connectivity index (χ3v) is 3.09. The highest BCUT2D eigenvalue weighted by atomic mass is 16.6. The Morgan fingerprint density at radius 3 is 3.11 bits per heavy atom. The van der Waals surface area contributed by atoms with E-state index >= 15 is 0 Å². The summed E-state index contributed by atoms with van der Waals surface area (Å²) in [5.41, 5.74) is 0.819. The van der Waals surface area contributed by atoms with Crippen LogP contribution in [0.15, 0.2) is 12.3 Å². The Kier molecular flexibility index (Phi) is 4.09. The van der Waals surface area contributed by atoms with Gasteiger partial charge >= 0.3 is 0 Å². The molecule has 18 heavy (non-hydrogen) atoms. The van der Waals surface area contributed by atoms with Crippen molar-refractivity contribution >= 4 is 11.5 Å². The van der Waals surface area contributed by atoms with E-state index in [0.29, 0.717) is 11.7 Å². The molecule has 0 aromatic carbocycles. The van der Waals surface area contributed by atoms with Gasteiger partial charge < -0.3 is 10.1 Å². The monoisotopic (exact) mass is 251 g/mol. The van der Waals surface area contributed by atoms with Crippen LogP contribution in [0.1, 0.15) is 18.4 Å². The highest BCUT2D eigenvalue weighted by Gasteiger charge is 2.15. The van der Waals surface area contributed by atoms with Gasteiger partial charge in [0.05, 0.1) is 11.5 Å². The summed E-state index contributed by atoms with van der Waals surface area (Å²) in [6.45, 7) is 4.25. The maximum absolute atomic E-state index is 10.6. The Morgan fingerprint density at radius 1 is 1.67 bits per heavy atom. The number of nitrogens with one attached hydrogen (secondary N) is 1. The van der Waals surface area contributed by atoms with Gasteiger partial charge in [-0.3, -0.25) is 10.1 Å². The van der Waals surface area contributed by atoms with Gasteiger partial charge in [-0.1, -0.05) is 0 Å². The van der Waals surface area contributed by atoms with E-state index in [0.717, 1.165) is 38.2 Å². The number of aryl methyl sites for hydroxylation is 1. The molecule has 2 rings (SSSR count). The molecule has 1 N–H and O–H groups in total. The van der Waals surface area contributed by atoms with Gasteiger partial charge in [-0.25, -0.2) is 4.98 Å². The normalized spacial score (nSPS) is 19.5. The number of pyridine rings is 1. The second kappa shape index (κ2) is 5.77. The Balaban J connectivity index is 1.94. The summed E-state index contributed by atoms with van der Waals surface area (Å²) in [6.07, 6.45) is 3.53. The molecule has 6 nitrogen and oxygen atoms in total. The van der Waals surface area contributed by atoms with E-state index in [2.05, 4.69) is 10.3 Å². The molecule has 0 saturated carbocycles. The Bertz CT molecular complexity index is 431. The number of hydrogen-bond donors (Lipinski definition) is 1. The van der Waals surface area contributed by atoms with Crippen LogP contribution in [0, 0.1) is 23.0 Å². The summed E-state index contributed by atoms with van der Waals surface area (Å²) in [6, 6.07) is 1.53. The van der Waals surface area contributed by atoms with Gasteiger partial charge in [0.1, 0.15) is 12.0 Å². The van der Waals surface area contributed by atoms with E-state index in [1.807, 2.05) is 6.92 Å². The first kappa shape index (κ1) is 12.8. The maximum atomic E-state index is 10.6. The zero-order valence-electron chi connectivity index (χ0n) is 10.4. The Labute approximate surface area is 106 Å². The zero-order valence-corrected chi connectivity index (χ0v) is 10.4. The molecule has 1 fully saturated rings. The molecular formula is C12H17N3O3. The molecule has 0 bridgehead atoms. The lowest BCUT2D eigenvalue weighted by molar-refractivity contribution is -0.385. The van der Waals surface area contributed by atoms with Crippen molar-refractivity contribution in [2.45, 2.75) is 19.8 Å². The number of anilines is 1. The second-order valence-corrected chi connectivity index (χ2v) is 4.58. The summed E-state index contributed by atoms with van der Waals surface area (Å²) in [4.78, 5) is 14.3. The lowest BCUT2D eigenvalue weighted by atomic mass is 10.0. The van der Waals surface area contributed by atoms with Gasteiger partial charge in [0, 0.05) is 19.2 Å². The number of nitrogens with zero attached hydrogens (tertiary/aromatic N) is 2. The average Bonchev–Trinajstić information content (AvgIpc) is 2.38. The molecule has 1 aliphatic rings. The molecule has 1 saturated heterocycles. The van der Waals surface area contributed by atoms with Crippen LogP contribution in [0.25, 0.3) is 0 Å². The molecule has 0 spiro atoms. The average molecular weight is 251 g/mol. The van der Waals surface area contributed by atoms with Gasteiger partial charge in [0.25, 0.3) is 5.69 Å². The zero-order chi connectivity index (χ0) is 13.0. The second-order valence-electron chi connectivity index (χ2n) is 4.58. The topological polar surface area (TPSA) is 77.3 Å². The lowest BCUT2D eigenvalue weighted by Crippen LogP contribution is -2.24. The molecule has 0 amide bonds. The number of ether oxygens (including phenoxy) is 1. The smallest absolute Gasteiger partial charge is 0.287 e. The van der Waals surface area contributed by atoms with Gasteiger partial charge in [-0.15, -0.1) is 0 Å². The van der Waals surface area contributed by atoms with Crippen molar-refractivity contribution in [1.29, 1.82) is 0 Å². The summed E-state index contributed by atoms with van der Waals surface area (Å²) in [5.74, 6) is 1.21. The number of hydrogen-bond acceptors (Lipinski definition) is 5. The molecule has 1 atom stereocenters. The summed E-state index contributed by atoms with van der Waals surface area (Å²) in [7, 11) is 0. The Morgan fingerprint density at radius 2 is 2.50 bits per heavy atom. The van der Waals surface area contributed by atoms with E-state index < -0.39 is 4.92 Å². The third kappa shape index (κ3) is 3.16. The SMILES string of the molecule is Cc1cc([N+](=O)[O-])cnc1NCC1CCCOC1. The van der Waals surface area contributed by atoms with Gasteiger partial charge in [-0.2, -0.15) is 0 Å². The fourth-order valence-electron chi connectivity index (χ4n) is 2.05. The molecule has 0 radical (unpaired) electrons. The predicted molar refractivity (Wildman–Crippen MR) is 67.7 cm³/mol. The van der Waals surface area contributed by atoms with E-state index in [1.165, 1.54) is 12.3 Å². The highest BCUT2D eigenvalue weighted by Crippen LogP contribution is 2.19. The van der Waals surface area contributed by atoms with Crippen molar-refractivity contribution < 1.29 is 9.66 Å². The highest BCUT2D eigenvalue weighted by molar-refractivity contribution is 5.48. The molecule has 1 aromatic rings. The molecule has 98 valence electrons. The van der Waals surface area contributed by atoms with Crippen LogP contribution in [0.2, 0.25) is 0 Å². The summed E-state index contributed by atoms with van der Waals surface area (Å²) >= 11 is 0. The van der Waals surface area contributed by atoms with E-state index in [9.17, 15) is 10.1 Å². The van der Waals surface area contributed by atoms with Crippen LogP contribution >= 0.6 is 0 Å². The minimum Gasteiger partial charge on any atom is -0.381 e. The molecule has 1 aliphatic heterocycles. The van der Waals surface area contributed by atoms with Crippen LogP contribution in [-0.2, 0) is 4.74 Å². The van der Waals surface area contributed by atoms with Gasteiger partial charge in [0.15, 0.2) is 0 Å². The van der Waals surface area contributed by atoms with Crippen LogP contribution in [0.4, 0.5) is 11.5 Å². The Hall–Kier alpha value is -1.69. The first-order valence-electron chi connectivity index (χ1n) is 6.09.